The molecule has 2 aromatic rings. The van der Waals surface area contributed by atoms with Gasteiger partial charge in [0.1, 0.15) is 5.56 Å². The Morgan fingerprint density at radius 1 is 1.47 bits per heavy atom. The zero-order valence-electron chi connectivity index (χ0n) is 10.6. The molecule has 0 spiro atoms. The number of hydrogen-bond acceptors (Lipinski definition) is 3. The van der Waals surface area contributed by atoms with Crippen molar-refractivity contribution in [2.24, 2.45) is 7.05 Å². The van der Waals surface area contributed by atoms with Crippen LogP contribution in [0.15, 0.2) is 6.20 Å². The molecule has 0 unspecified atom stereocenters. The second kappa shape index (κ2) is 4.24. The van der Waals surface area contributed by atoms with Crippen molar-refractivity contribution in [1.29, 1.82) is 0 Å². The Morgan fingerprint density at radius 2 is 2.18 bits per heavy atom. The van der Waals surface area contributed by atoms with Crippen LogP contribution in [0.1, 0.15) is 35.6 Å². The first-order chi connectivity index (χ1) is 8.10. The number of aromatic nitrogens is 3. The minimum atomic E-state index is -0.302. The van der Waals surface area contributed by atoms with Crippen LogP contribution in [-0.2, 0) is 18.2 Å². The lowest BCUT2D eigenvalue weighted by molar-refractivity contribution is 0.0527. The summed E-state index contributed by atoms with van der Waals surface area (Å²) in [6.45, 7) is 6.07. The number of fused-ring (bicyclic) bond motifs is 1. The molecule has 0 amide bonds. The van der Waals surface area contributed by atoms with E-state index in [1.165, 1.54) is 0 Å². The average Bonchev–Trinajstić information content (AvgIpc) is 2.76. The van der Waals surface area contributed by atoms with Crippen LogP contribution in [0.25, 0.3) is 5.65 Å². The van der Waals surface area contributed by atoms with Gasteiger partial charge >= 0.3 is 5.97 Å². The van der Waals surface area contributed by atoms with Crippen LogP contribution in [0, 0.1) is 6.92 Å². The standard InChI is InChI=1S/C12H17N3O2/c1-5-9-7-14(4)11-10(12(16)17-6-2)8(3)13-15(9)11/h7H,5-6H2,1-4H3. The Morgan fingerprint density at radius 3 is 2.76 bits per heavy atom. The van der Waals surface area contributed by atoms with Gasteiger partial charge in [0.05, 0.1) is 18.0 Å². The minimum Gasteiger partial charge on any atom is -0.462 e. The number of aryl methyl sites for hydroxylation is 3. The van der Waals surface area contributed by atoms with E-state index in [0.29, 0.717) is 17.9 Å². The van der Waals surface area contributed by atoms with Crippen LogP contribution in [0.2, 0.25) is 0 Å². The first-order valence-corrected chi connectivity index (χ1v) is 5.80. The van der Waals surface area contributed by atoms with Gasteiger partial charge in [-0.1, -0.05) is 6.92 Å². The molecular weight excluding hydrogens is 218 g/mol. The summed E-state index contributed by atoms with van der Waals surface area (Å²) >= 11 is 0. The second-order valence-corrected chi connectivity index (χ2v) is 4.00. The topological polar surface area (TPSA) is 48.5 Å². The van der Waals surface area contributed by atoms with Gasteiger partial charge in [0.2, 0.25) is 0 Å². The first-order valence-electron chi connectivity index (χ1n) is 5.80. The van der Waals surface area contributed by atoms with Crippen molar-refractivity contribution < 1.29 is 9.53 Å². The molecule has 5 heteroatoms. The summed E-state index contributed by atoms with van der Waals surface area (Å²) in [4.78, 5) is 11.9. The maximum absolute atomic E-state index is 11.9. The SMILES string of the molecule is CCOC(=O)c1c(C)nn2c(CC)cn(C)c12. The summed E-state index contributed by atoms with van der Waals surface area (Å²) in [5.41, 5.74) is 3.16. The molecule has 2 heterocycles. The Kier molecular flexibility index (Phi) is 2.92. The number of rotatable bonds is 3. The van der Waals surface area contributed by atoms with Crippen LogP contribution in [0.4, 0.5) is 0 Å². The van der Waals surface area contributed by atoms with Gasteiger partial charge < -0.3 is 9.30 Å². The highest BCUT2D eigenvalue weighted by Crippen LogP contribution is 2.19. The van der Waals surface area contributed by atoms with E-state index in [1.54, 1.807) is 6.92 Å². The monoisotopic (exact) mass is 235 g/mol. The maximum Gasteiger partial charge on any atom is 0.343 e. The molecule has 0 saturated carbocycles. The molecule has 17 heavy (non-hydrogen) atoms. The lowest BCUT2D eigenvalue weighted by Crippen LogP contribution is -2.07. The molecule has 0 aliphatic heterocycles. The van der Waals surface area contributed by atoms with Crippen LogP contribution in [-0.4, -0.2) is 26.8 Å². The molecule has 0 fully saturated rings. The molecule has 2 aromatic heterocycles. The third kappa shape index (κ3) is 1.71. The fourth-order valence-electron chi connectivity index (χ4n) is 2.06. The van der Waals surface area contributed by atoms with E-state index < -0.39 is 0 Å². The van der Waals surface area contributed by atoms with E-state index in [2.05, 4.69) is 12.0 Å². The zero-order chi connectivity index (χ0) is 12.6. The number of imidazole rings is 1. The van der Waals surface area contributed by atoms with E-state index in [9.17, 15) is 4.79 Å². The third-order valence-electron chi connectivity index (χ3n) is 2.83. The minimum absolute atomic E-state index is 0.302. The Labute approximate surface area is 100.0 Å². The third-order valence-corrected chi connectivity index (χ3v) is 2.83. The van der Waals surface area contributed by atoms with E-state index in [1.807, 2.05) is 29.3 Å². The van der Waals surface area contributed by atoms with Gasteiger partial charge in [-0.2, -0.15) is 5.10 Å². The largest absolute Gasteiger partial charge is 0.462 e. The van der Waals surface area contributed by atoms with Gasteiger partial charge in [-0.05, 0) is 20.3 Å². The molecule has 0 radical (unpaired) electrons. The van der Waals surface area contributed by atoms with Crippen LogP contribution in [0.5, 0.6) is 0 Å². The number of carbonyl (C=O) groups is 1. The summed E-state index contributed by atoms with van der Waals surface area (Å²) in [5, 5.41) is 4.40. The Hall–Kier alpha value is -1.78. The molecule has 0 bridgehead atoms. The Balaban J connectivity index is 2.66. The first kappa shape index (κ1) is 11.7. The molecule has 0 aliphatic rings. The van der Waals surface area contributed by atoms with Crippen molar-refractivity contribution in [2.45, 2.75) is 27.2 Å². The summed E-state index contributed by atoms with van der Waals surface area (Å²) in [5.74, 6) is -0.302. The fraction of sp³-hybridized carbons (Fsp3) is 0.500. The summed E-state index contributed by atoms with van der Waals surface area (Å²) < 4.78 is 8.81. The summed E-state index contributed by atoms with van der Waals surface area (Å²) in [6.07, 6.45) is 2.87. The van der Waals surface area contributed by atoms with Gasteiger partial charge in [0, 0.05) is 13.2 Å². The second-order valence-electron chi connectivity index (χ2n) is 4.00. The predicted octanol–water partition coefficient (Wildman–Crippen LogP) is 1.72. The highest BCUT2D eigenvalue weighted by molar-refractivity contribution is 5.97. The van der Waals surface area contributed by atoms with Gasteiger partial charge in [-0.25, -0.2) is 9.31 Å². The molecule has 0 atom stereocenters. The van der Waals surface area contributed by atoms with Gasteiger partial charge in [-0.15, -0.1) is 0 Å². The van der Waals surface area contributed by atoms with Crippen molar-refractivity contribution in [3.8, 4) is 0 Å². The highest BCUT2D eigenvalue weighted by atomic mass is 16.5. The van der Waals surface area contributed by atoms with Crippen molar-refractivity contribution in [2.75, 3.05) is 6.61 Å². The van der Waals surface area contributed by atoms with E-state index in [-0.39, 0.29) is 5.97 Å². The van der Waals surface area contributed by atoms with Crippen LogP contribution >= 0.6 is 0 Å². The van der Waals surface area contributed by atoms with Crippen molar-refractivity contribution in [3.05, 3.63) is 23.1 Å². The fourth-order valence-corrected chi connectivity index (χ4v) is 2.06. The van der Waals surface area contributed by atoms with Crippen molar-refractivity contribution in [1.82, 2.24) is 14.2 Å². The molecule has 0 aliphatic carbocycles. The number of nitrogens with zero attached hydrogens (tertiary/aromatic N) is 3. The van der Waals surface area contributed by atoms with E-state index >= 15 is 0 Å². The normalized spacial score (nSPS) is 11.1. The molecule has 0 N–H and O–H groups in total. The van der Waals surface area contributed by atoms with Crippen molar-refractivity contribution >= 4 is 11.6 Å². The number of ether oxygens (including phenoxy) is 1. The predicted molar refractivity (Wildman–Crippen MR) is 64.2 cm³/mol. The van der Waals surface area contributed by atoms with E-state index in [0.717, 1.165) is 17.8 Å². The quantitative estimate of drug-likeness (QED) is 0.761. The molecule has 92 valence electrons. The Bertz CT molecular complexity index is 566. The molecule has 2 rings (SSSR count). The summed E-state index contributed by atoms with van der Waals surface area (Å²) in [6, 6.07) is 0. The van der Waals surface area contributed by atoms with E-state index in [4.69, 9.17) is 4.74 Å². The molecule has 5 nitrogen and oxygen atoms in total. The van der Waals surface area contributed by atoms with Gasteiger partial charge in [-0.3, -0.25) is 0 Å². The van der Waals surface area contributed by atoms with Gasteiger partial charge in [0.15, 0.2) is 5.65 Å². The van der Waals surface area contributed by atoms with Gasteiger partial charge in [0.25, 0.3) is 0 Å². The lowest BCUT2D eigenvalue weighted by Gasteiger charge is -2.01. The summed E-state index contributed by atoms with van der Waals surface area (Å²) in [7, 11) is 1.92. The van der Waals surface area contributed by atoms with Crippen LogP contribution in [0.3, 0.4) is 0 Å². The highest BCUT2D eigenvalue weighted by Gasteiger charge is 2.22. The smallest absolute Gasteiger partial charge is 0.343 e. The number of hydrogen-bond donors (Lipinski definition) is 0. The van der Waals surface area contributed by atoms with Crippen molar-refractivity contribution in [3.63, 3.8) is 0 Å². The maximum atomic E-state index is 11.9. The number of carbonyl (C=O) groups excluding carboxylic acids is 1. The average molecular weight is 235 g/mol. The number of esters is 1. The molecule has 0 saturated heterocycles. The lowest BCUT2D eigenvalue weighted by atomic mass is 10.2. The zero-order valence-corrected chi connectivity index (χ0v) is 10.6. The molecule has 0 aromatic carbocycles. The van der Waals surface area contributed by atoms with Crippen LogP contribution < -0.4 is 0 Å². The molecular formula is C12H17N3O2.